The molecule has 0 saturated carbocycles. The Morgan fingerprint density at radius 3 is 3.00 bits per heavy atom. The van der Waals surface area contributed by atoms with Crippen molar-refractivity contribution in [3.05, 3.63) is 11.7 Å². The minimum absolute atomic E-state index is 0.225. The van der Waals surface area contributed by atoms with Crippen LogP contribution in [0, 0.1) is 0 Å². The van der Waals surface area contributed by atoms with Crippen molar-refractivity contribution in [3.8, 4) is 0 Å². The molecule has 8 heteroatoms. The van der Waals surface area contributed by atoms with Crippen molar-refractivity contribution in [2.24, 2.45) is 0 Å². The summed E-state index contributed by atoms with van der Waals surface area (Å²) in [5.74, 6) is 2.13. The molecule has 0 aromatic carbocycles. The molecule has 1 aromatic heterocycles. The molecule has 1 amide bonds. The Morgan fingerprint density at radius 2 is 2.29 bits per heavy atom. The number of rotatable bonds is 4. The summed E-state index contributed by atoms with van der Waals surface area (Å²) in [6, 6.07) is 0. The highest BCUT2D eigenvalue weighted by molar-refractivity contribution is 7.97. The Labute approximate surface area is 128 Å². The van der Waals surface area contributed by atoms with Crippen molar-refractivity contribution in [2.75, 3.05) is 32.9 Å². The molecular weight excluding hydrogens is 292 g/mol. The van der Waals surface area contributed by atoms with Crippen molar-refractivity contribution in [1.82, 2.24) is 19.9 Å². The minimum Gasteiger partial charge on any atom is -0.440 e. The summed E-state index contributed by atoms with van der Waals surface area (Å²) in [6.07, 6.45) is 3.71. The Bertz CT molecular complexity index is 523. The van der Waals surface area contributed by atoms with E-state index in [1.54, 1.807) is 23.7 Å². The number of amides is 1. The predicted octanol–water partition coefficient (Wildman–Crippen LogP) is 1.35. The summed E-state index contributed by atoms with van der Waals surface area (Å²) < 4.78 is 10.9. The zero-order chi connectivity index (χ0) is 14.9. The second-order valence-electron chi connectivity index (χ2n) is 5.76. The van der Waals surface area contributed by atoms with Crippen LogP contribution in [0.15, 0.2) is 4.52 Å². The lowest BCUT2D eigenvalue weighted by Crippen LogP contribution is -2.50. The number of hydrogen-bond donors (Lipinski definition) is 0. The first-order valence-corrected chi connectivity index (χ1v) is 8.46. The third-order valence-corrected chi connectivity index (χ3v) is 4.45. The molecule has 21 heavy (non-hydrogen) atoms. The first-order valence-electron chi connectivity index (χ1n) is 7.07. The van der Waals surface area contributed by atoms with Gasteiger partial charge in [-0.3, -0.25) is 4.90 Å². The van der Waals surface area contributed by atoms with Crippen molar-refractivity contribution in [3.63, 3.8) is 0 Å². The molecular formula is C13H20N4O3S. The van der Waals surface area contributed by atoms with Crippen LogP contribution in [-0.4, -0.2) is 64.6 Å². The van der Waals surface area contributed by atoms with E-state index in [1.807, 2.05) is 6.26 Å². The molecule has 7 nitrogen and oxygen atoms in total. The molecule has 0 N–H and O–H groups in total. The van der Waals surface area contributed by atoms with Gasteiger partial charge in [-0.05, 0) is 25.6 Å². The van der Waals surface area contributed by atoms with Gasteiger partial charge >= 0.3 is 6.09 Å². The Balaban J connectivity index is 1.62. The van der Waals surface area contributed by atoms with Gasteiger partial charge in [-0.1, -0.05) is 5.16 Å². The predicted molar refractivity (Wildman–Crippen MR) is 77.9 cm³/mol. The first kappa shape index (κ1) is 14.6. The lowest BCUT2D eigenvalue weighted by atomic mass is 9.93. The van der Waals surface area contributed by atoms with Crippen molar-refractivity contribution < 1.29 is 14.1 Å². The average Bonchev–Trinajstić information content (AvgIpc) is 2.96. The van der Waals surface area contributed by atoms with E-state index in [0.29, 0.717) is 19.0 Å². The molecule has 2 aliphatic rings. The SMILES string of the molecule is CSCc1noc(CN2CCCC3(C2)CN(C)C(=O)O3)n1. The number of thioether (sulfide) groups is 1. The number of piperidine rings is 1. The van der Waals surface area contributed by atoms with Crippen LogP contribution in [0.3, 0.4) is 0 Å². The van der Waals surface area contributed by atoms with E-state index in [9.17, 15) is 4.79 Å². The van der Waals surface area contributed by atoms with Crippen LogP contribution < -0.4 is 0 Å². The third-order valence-electron chi connectivity index (χ3n) is 3.90. The molecule has 1 unspecified atom stereocenters. The lowest BCUT2D eigenvalue weighted by molar-refractivity contribution is -0.0139. The van der Waals surface area contributed by atoms with Crippen LogP contribution in [0.25, 0.3) is 0 Å². The summed E-state index contributed by atoms with van der Waals surface area (Å²) in [5, 5.41) is 3.96. The molecule has 2 fully saturated rings. The Kier molecular flexibility index (Phi) is 4.08. The van der Waals surface area contributed by atoms with E-state index in [4.69, 9.17) is 9.26 Å². The summed E-state index contributed by atoms with van der Waals surface area (Å²) in [6.45, 7) is 2.96. The van der Waals surface area contributed by atoms with E-state index in [-0.39, 0.29) is 11.7 Å². The molecule has 0 bridgehead atoms. The molecule has 2 aliphatic heterocycles. The van der Waals surface area contributed by atoms with E-state index in [2.05, 4.69) is 15.0 Å². The van der Waals surface area contributed by atoms with Gasteiger partial charge in [0.15, 0.2) is 5.82 Å². The van der Waals surface area contributed by atoms with E-state index in [1.165, 1.54) is 0 Å². The normalized spacial score (nSPS) is 26.6. The first-order chi connectivity index (χ1) is 10.1. The fraction of sp³-hybridized carbons (Fsp3) is 0.769. The van der Waals surface area contributed by atoms with Crippen molar-refractivity contribution in [1.29, 1.82) is 0 Å². The molecule has 3 heterocycles. The van der Waals surface area contributed by atoms with Crippen LogP contribution >= 0.6 is 11.8 Å². The summed E-state index contributed by atoms with van der Waals surface area (Å²) in [5.41, 5.74) is -0.369. The fourth-order valence-corrected chi connectivity index (χ4v) is 3.44. The zero-order valence-electron chi connectivity index (χ0n) is 12.4. The van der Waals surface area contributed by atoms with E-state index < -0.39 is 0 Å². The highest BCUT2D eigenvalue weighted by Gasteiger charge is 2.46. The highest BCUT2D eigenvalue weighted by Crippen LogP contribution is 2.31. The number of likely N-dealkylation sites (N-methyl/N-ethyl adjacent to an activating group) is 1. The number of ether oxygens (including phenoxy) is 1. The number of likely N-dealkylation sites (tertiary alicyclic amines) is 1. The summed E-state index contributed by atoms with van der Waals surface area (Å²) >= 11 is 1.67. The molecule has 1 atom stereocenters. The van der Waals surface area contributed by atoms with E-state index in [0.717, 1.165) is 37.5 Å². The quantitative estimate of drug-likeness (QED) is 0.831. The smallest absolute Gasteiger partial charge is 0.410 e. The van der Waals surface area contributed by atoms with Crippen molar-refractivity contribution >= 4 is 17.9 Å². The standard InChI is InChI=1S/C13H20N4O3S/c1-16-8-13(19-12(16)18)4-3-5-17(9-13)6-11-14-10(7-21-2)15-20-11/h3-9H2,1-2H3. The lowest BCUT2D eigenvalue weighted by Gasteiger charge is -2.37. The van der Waals surface area contributed by atoms with Gasteiger partial charge in [0.1, 0.15) is 5.60 Å². The van der Waals surface area contributed by atoms with E-state index >= 15 is 0 Å². The van der Waals surface area contributed by atoms with Crippen LogP contribution in [0.4, 0.5) is 4.79 Å². The van der Waals surface area contributed by atoms with Crippen LogP contribution in [0.1, 0.15) is 24.6 Å². The van der Waals surface area contributed by atoms with Crippen LogP contribution in [-0.2, 0) is 17.0 Å². The van der Waals surface area contributed by atoms with Crippen LogP contribution in [0.2, 0.25) is 0 Å². The second-order valence-corrected chi connectivity index (χ2v) is 6.62. The number of carbonyl (C=O) groups excluding carboxylic acids is 1. The Morgan fingerprint density at radius 1 is 1.43 bits per heavy atom. The van der Waals surface area contributed by atoms with Gasteiger partial charge < -0.3 is 14.2 Å². The second kappa shape index (κ2) is 5.84. The maximum atomic E-state index is 11.6. The molecule has 0 radical (unpaired) electrons. The van der Waals surface area contributed by atoms with Gasteiger partial charge in [0.25, 0.3) is 0 Å². The van der Waals surface area contributed by atoms with Gasteiger partial charge in [0.05, 0.1) is 18.8 Å². The summed E-state index contributed by atoms with van der Waals surface area (Å²) in [7, 11) is 1.78. The maximum absolute atomic E-state index is 11.6. The zero-order valence-corrected chi connectivity index (χ0v) is 13.2. The monoisotopic (exact) mass is 312 g/mol. The minimum atomic E-state index is -0.369. The number of carbonyl (C=O) groups is 1. The van der Waals surface area contributed by atoms with Gasteiger partial charge in [0, 0.05) is 13.6 Å². The van der Waals surface area contributed by atoms with Gasteiger partial charge in [-0.15, -0.1) is 0 Å². The largest absolute Gasteiger partial charge is 0.440 e. The van der Waals surface area contributed by atoms with Gasteiger partial charge in [0.2, 0.25) is 5.89 Å². The highest BCUT2D eigenvalue weighted by atomic mass is 32.2. The molecule has 3 rings (SSSR count). The molecule has 0 aliphatic carbocycles. The number of aromatic nitrogens is 2. The van der Waals surface area contributed by atoms with Gasteiger partial charge in [-0.25, -0.2) is 4.79 Å². The molecule has 116 valence electrons. The molecule has 1 aromatic rings. The average molecular weight is 312 g/mol. The summed E-state index contributed by atoms with van der Waals surface area (Å²) in [4.78, 5) is 19.9. The molecule has 2 saturated heterocycles. The number of hydrogen-bond acceptors (Lipinski definition) is 7. The Hall–Kier alpha value is -1.28. The van der Waals surface area contributed by atoms with Crippen LogP contribution in [0.5, 0.6) is 0 Å². The topological polar surface area (TPSA) is 71.7 Å². The van der Waals surface area contributed by atoms with Gasteiger partial charge in [-0.2, -0.15) is 16.7 Å². The third kappa shape index (κ3) is 3.16. The molecule has 1 spiro atoms. The fourth-order valence-electron chi connectivity index (χ4n) is 3.06. The van der Waals surface area contributed by atoms with Crippen molar-refractivity contribution in [2.45, 2.75) is 30.7 Å². The maximum Gasteiger partial charge on any atom is 0.410 e. The number of nitrogens with zero attached hydrogens (tertiary/aromatic N) is 4.